The SMILES string of the molecule is CCCCC.CN(Cc1c(C=O)cccc1SCc1ccc(CCN)cc1)C1CCC(=O)NC1=O. The van der Waals surface area contributed by atoms with Gasteiger partial charge in [-0.3, -0.25) is 24.6 Å². The number of benzene rings is 2. The van der Waals surface area contributed by atoms with E-state index >= 15 is 0 Å². The Labute approximate surface area is 214 Å². The second-order valence-electron chi connectivity index (χ2n) is 8.82. The van der Waals surface area contributed by atoms with E-state index in [1.54, 1.807) is 17.8 Å². The molecule has 2 aromatic carbocycles. The van der Waals surface area contributed by atoms with Gasteiger partial charge in [-0.15, -0.1) is 11.8 Å². The number of carbonyl (C=O) groups is 3. The van der Waals surface area contributed by atoms with Crippen LogP contribution < -0.4 is 11.1 Å². The van der Waals surface area contributed by atoms with E-state index in [1.165, 1.54) is 30.4 Å². The molecule has 1 aliphatic rings. The van der Waals surface area contributed by atoms with Gasteiger partial charge in [0.25, 0.3) is 0 Å². The van der Waals surface area contributed by atoms with Crippen molar-refractivity contribution < 1.29 is 14.4 Å². The second kappa shape index (κ2) is 15.5. The quantitative estimate of drug-likeness (QED) is 0.265. The number of carbonyl (C=O) groups excluding carboxylic acids is 3. The van der Waals surface area contributed by atoms with Crippen molar-refractivity contribution in [2.45, 2.75) is 75.6 Å². The topological polar surface area (TPSA) is 92.5 Å². The van der Waals surface area contributed by atoms with Crippen LogP contribution >= 0.6 is 11.8 Å². The van der Waals surface area contributed by atoms with Gasteiger partial charge in [0.05, 0.1) is 6.04 Å². The predicted molar refractivity (Wildman–Crippen MR) is 143 cm³/mol. The summed E-state index contributed by atoms with van der Waals surface area (Å²) in [5.74, 6) is 0.274. The van der Waals surface area contributed by atoms with Crippen LogP contribution in [-0.4, -0.2) is 42.6 Å². The first-order valence-corrected chi connectivity index (χ1v) is 13.4. The largest absolute Gasteiger partial charge is 0.330 e. The fraction of sp³-hybridized carbons (Fsp3) is 0.464. The van der Waals surface area contributed by atoms with Gasteiger partial charge in [-0.1, -0.05) is 69.5 Å². The Hall–Kier alpha value is -2.48. The zero-order valence-electron chi connectivity index (χ0n) is 21.2. The maximum Gasteiger partial charge on any atom is 0.243 e. The molecule has 1 aliphatic heterocycles. The molecular formula is C28H39N3O3S. The Balaban J connectivity index is 0.000000784. The first-order valence-electron chi connectivity index (χ1n) is 12.4. The zero-order chi connectivity index (χ0) is 25.6. The number of imide groups is 1. The Kier molecular flexibility index (Phi) is 12.7. The Bertz CT molecular complexity index is 960. The molecule has 6 nitrogen and oxygen atoms in total. The van der Waals surface area contributed by atoms with Crippen molar-refractivity contribution in [2.75, 3.05) is 13.6 Å². The Morgan fingerprint density at radius 3 is 2.34 bits per heavy atom. The van der Waals surface area contributed by atoms with E-state index < -0.39 is 0 Å². The molecule has 7 heteroatoms. The van der Waals surface area contributed by atoms with Gasteiger partial charge >= 0.3 is 0 Å². The van der Waals surface area contributed by atoms with E-state index in [2.05, 4.69) is 43.4 Å². The van der Waals surface area contributed by atoms with Gasteiger partial charge in [0.15, 0.2) is 0 Å². The lowest BCUT2D eigenvalue weighted by Gasteiger charge is -2.30. The van der Waals surface area contributed by atoms with E-state index in [4.69, 9.17) is 5.73 Å². The molecule has 2 amide bonds. The first kappa shape index (κ1) is 28.8. The van der Waals surface area contributed by atoms with Crippen LogP contribution in [-0.2, 0) is 28.3 Å². The van der Waals surface area contributed by atoms with Gasteiger partial charge in [0.1, 0.15) is 6.29 Å². The molecule has 0 radical (unpaired) electrons. The molecule has 0 saturated carbocycles. The van der Waals surface area contributed by atoms with Gasteiger partial charge in [-0.25, -0.2) is 0 Å². The van der Waals surface area contributed by atoms with Crippen molar-refractivity contribution in [2.24, 2.45) is 5.73 Å². The van der Waals surface area contributed by atoms with Gasteiger partial charge < -0.3 is 5.73 Å². The predicted octanol–water partition coefficient (Wildman–Crippen LogP) is 4.73. The number of nitrogens with zero attached hydrogens (tertiary/aromatic N) is 1. The van der Waals surface area contributed by atoms with Crippen LogP contribution in [0.25, 0.3) is 0 Å². The highest BCUT2D eigenvalue weighted by Gasteiger charge is 2.30. The maximum absolute atomic E-state index is 12.2. The number of rotatable bonds is 11. The number of unbranched alkanes of at least 4 members (excludes halogenated alkanes) is 2. The summed E-state index contributed by atoms with van der Waals surface area (Å²) in [4.78, 5) is 38.2. The molecule has 0 spiro atoms. The van der Waals surface area contributed by atoms with Crippen LogP contribution in [0.3, 0.4) is 0 Å². The van der Waals surface area contributed by atoms with Crippen LogP contribution in [0.15, 0.2) is 47.4 Å². The molecular weight excluding hydrogens is 458 g/mol. The third-order valence-corrected chi connectivity index (χ3v) is 7.17. The van der Waals surface area contributed by atoms with Crippen molar-refractivity contribution in [3.63, 3.8) is 0 Å². The van der Waals surface area contributed by atoms with Crippen molar-refractivity contribution in [3.05, 3.63) is 64.7 Å². The first-order chi connectivity index (χ1) is 16.9. The van der Waals surface area contributed by atoms with E-state index in [1.807, 2.05) is 24.1 Å². The molecule has 2 aromatic rings. The second-order valence-corrected chi connectivity index (χ2v) is 9.84. The number of hydrogen-bond acceptors (Lipinski definition) is 6. The fourth-order valence-corrected chi connectivity index (χ4v) is 4.99. The molecule has 1 fully saturated rings. The minimum absolute atomic E-state index is 0.230. The summed E-state index contributed by atoms with van der Waals surface area (Å²) in [5.41, 5.74) is 9.56. The molecule has 0 bridgehead atoms. The van der Waals surface area contributed by atoms with Crippen LogP contribution in [0.5, 0.6) is 0 Å². The monoisotopic (exact) mass is 497 g/mol. The van der Waals surface area contributed by atoms with Crippen molar-refractivity contribution in [1.82, 2.24) is 10.2 Å². The lowest BCUT2D eigenvalue weighted by atomic mass is 10.0. The van der Waals surface area contributed by atoms with Crippen LogP contribution in [0, 0.1) is 0 Å². The van der Waals surface area contributed by atoms with Crippen molar-refractivity contribution in [3.8, 4) is 0 Å². The van der Waals surface area contributed by atoms with Gasteiger partial charge in [0, 0.05) is 29.2 Å². The average Bonchev–Trinajstić information content (AvgIpc) is 2.85. The normalized spacial score (nSPS) is 15.4. The minimum atomic E-state index is -0.379. The molecule has 1 heterocycles. The Morgan fingerprint density at radius 2 is 1.77 bits per heavy atom. The summed E-state index contributed by atoms with van der Waals surface area (Å²) in [6, 6.07) is 13.7. The number of nitrogens with one attached hydrogen (secondary N) is 1. The lowest BCUT2D eigenvalue weighted by Crippen LogP contribution is -2.51. The smallest absolute Gasteiger partial charge is 0.243 e. The third kappa shape index (κ3) is 9.24. The molecule has 3 N–H and O–H groups in total. The highest BCUT2D eigenvalue weighted by atomic mass is 32.2. The molecule has 0 aliphatic carbocycles. The maximum atomic E-state index is 12.2. The molecule has 190 valence electrons. The third-order valence-electron chi connectivity index (χ3n) is 6.00. The standard InChI is InChI=1S/C23H27N3O3S.C5H12/c1-26(20-9-10-22(28)25-23(20)29)13-19-18(14-27)3-2-4-21(19)30-15-17-7-5-16(6-8-17)11-12-24;1-3-5-4-2/h2-8,14,20H,9-13,15,24H2,1H3,(H,25,28,29);3-5H2,1-2H3. The van der Waals surface area contributed by atoms with E-state index in [0.717, 1.165) is 28.9 Å². The molecule has 1 atom stereocenters. The summed E-state index contributed by atoms with van der Waals surface area (Å²) in [7, 11) is 1.85. The number of nitrogens with two attached hydrogens (primary N) is 1. The average molecular weight is 498 g/mol. The van der Waals surface area contributed by atoms with E-state index in [-0.39, 0.29) is 17.9 Å². The number of hydrogen-bond donors (Lipinski definition) is 2. The van der Waals surface area contributed by atoms with Crippen LogP contribution in [0.1, 0.15) is 73.0 Å². The van der Waals surface area contributed by atoms with Gasteiger partial charge in [-0.2, -0.15) is 0 Å². The fourth-order valence-electron chi connectivity index (χ4n) is 3.94. The minimum Gasteiger partial charge on any atom is -0.330 e. The summed E-state index contributed by atoms with van der Waals surface area (Å²) in [5, 5.41) is 2.40. The number of thioether (sulfide) groups is 1. The molecule has 1 unspecified atom stereocenters. The van der Waals surface area contributed by atoms with Gasteiger partial charge in [0.2, 0.25) is 11.8 Å². The molecule has 35 heavy (non-hydrogen) atoms. The van der Waals surface area contributed by atoms with Crippen molar-refractivity contribution >= 4 is 29.9 Å². The van der Waals surface area contributed by atoms with Crippen LogP contribution in [0.2, 0.25) is 0 Å². The van der Waals surface area contributed by atoms with Gasteiger partial charge in [-0.05, 0) is 49.2 Å². The summed E-state index contributed by atoms with van der Waals surface area (Å²) in [6.45, 7) is 5.52. The van der Waals surface area contributed by atoms with E-state index in [9.17, 15) is 14.4 Å². The molecule has 3 rings (SSSR count). The number of likely N-dealkylation sites (N-methyl/N-ethyl adjacent to an activating group) is 1. The molecule has 0 aromatic heterocycles. The molecule has 1 saturated heterocycles. The zero-order valence-corrected chi connectivity index (χ0v) is 22.0. The lowest BCUT2D eigenvalue weighted by molar-refractivity contribution is -0.137. The van der Waals surface area contributed by atoms with E-state index in [0.29, 0.717) is 31.5 Å². The summed E-state index contributed by atoms with van der Waals surface area (Å²) in [6.07, 6.45) is 6.62. The highest BCUT2D eigenvalue weighted by Crippen LogP contribution is 2.30. The van der Waals surface area contributed by atoms with Crippen LogP contribution in [0.4, 0.5) is 0 Å². The van der Waals surface area contributed by atoms with Crippen molar-refractivity contribution in [1.29, 1.82) is 0 Å². The summed E-state index contributed by atoms with van der Waals surface area (Å²) < 4.78 is 0. The Morgan fingerprint density at radius 1 is 1.09 bits per heavy atom. The highest BCUT2D eigenvalue weighted by molar-refractivity contribution is 7.98. The summed E-state index contributed by atoms with van der Waals surface area (Å²) >= 11 is 1.67. The number of amides is 2. The number of aldehydes is 1. The number of piperidine rings is 1.